The molecule has 0 unspecified atom stereocenters. The van der Waals surface area contributed by atoms with Gasteiger partial charge in [-0.15, -0.1) is 6.07 Å². The van der Waals surface area contributed by atoms with Gasteiger partial charge in [0.2, 0.25) is 0 Å². The molecule has 4 rings (SSSR count). The zero-order chi connectivity index (χ0) is 16.4. The van der Waals surface area contributed by atoms with Crippen LogP contribution in [-0.4, -0.2) is 9.78 Å². The largest absolute Gasteiger partial charge is 0.257 e. The first-order valence-corrected chi connectivity index (χ1v) is 8.02. The number of rotatable bonds is 3. The van der Waals surface area contributed by atoms with Crippen LogP contribution < -0.4 is 0 Å². The smallest absolute Gasteiger partial charge is 0.0797 e. The van der Waals surface area contributed by atoms with Crippen LogP contribution in [0.5, 0.6) is 0 Å². The molecule has 0 aliphatic heterocycles. The average molecular weight is 502 g/mol. The van der Waals surface area contributed by atoms with Crippen molar-refractivity contribution in [1.82, 2.24) is 9.78 Å². The molecule has 0 bridgehead atoms. The van der Waals surface area contributed by atoms with E-state index in [1.165, 1.54) is 11.1 Å². The maximum absolute atomic E-state index is 4.82. The molecule has 3 heteroatoms. The standard InChI is InChI=1S/C22H17N2.Ir/c1-17-21(18-11-5-2-6-12-18)22(19-13-7-3-8-14-19)24(23-17)20-15-9-4-10-16-20;/h2-15H,1H3;/q-1;. The summed E-state index contributed by atoms with van der Waals surface area (Å²) in [6.45, 7) is 2.06. The fourth-order valence-electron chi connectivity index (χ4n) is 3.03. The van der Waals surface area contributed by atoms with E-state index in [9.17, 15) is 0 Å². The normalized spacial score (nSPS) is 10.3. The predicted molar refractivity (Wildman–Crippen MR) is 98.0 cm³/mol. The molecule has 4 aromatic rings. The van der Waals surface area contributed by atoms with Crippen LogP contribution >= 0.6 is 0 Å². The first-order valence-electron chi connectivity index (χ1n) is 8.02. The molecule has 0 spiro atoms. The molecule has 0 aliphatic rings. The van der Waals surface area contributed by atoms with Gasteiger partial charge in [-0.1, -0.05) is 60.7 Å². The summed E-state index contributed by atoms with van der Waals surface area (Å²) in [5.41, 5.74) is 6.55. The molecule has 2 nitrogen and oxygen atoms in total. The van der Waals surface area contributed by atoms with Gasteiger partial charge >= 0.3 is 0 Å². The zero-order valence-electron chi connectivity index (χ0n) is 13.8. The molecule has 0 atom stereocenters. The van der Waals surface area contributed by atoms with Gasteiger partial charge in [-0.2, -0.15) is 29.4 Å². The second-order valence-electron chi connectivity index (χ2n) is 5.70. The molecule has 3 aromatic carbocycles. The average Bonchev–Trinajstić information content (AvgIpc) is 3.01. The van der Waals surface area contributed by atoms with Gasteiger partial charge in [-0.05, 0) is 18.2 Å². The van der Waals surface area contributed by atoms with E-state index in [2.05, 4.69) is 61.5 Å². The number of aryl methyl sites for hydroxylation is 1. The van der Waals surface area contributed by atoms with Gasteiger partial charge in [0.25, 0.3) is 0 Å². The molecule has 0 saturated heterocycles. The Bertz CT molecular complexity index is 946. The van der Waals surface area contributed by atoms with Crippen LogP contribution in [0.2, 0.25) is 0 Å². The molecule has 1 aromatic heterocycles. The minimum absolute atomic E-state index is 0. The van der Waals surface area contributed by atoms with Crippen LogP contribution in [0.15, 0.2) is 84.9 Å². The van der Waals surface area contributed by atoms with Crippen molar-refractivity contribution in [3.63, 3.8) is 0 Å². The second-order valence-corrected chi connectivity index (χ2v) is 5.70. The van der Waals surface area contributed by atoms with Crippen molar-refractivity contribution in [3.05, 3.63) is 96.7 Å². The minimum Gasteiger partial charge on any atom is -0.257 e. The summed E-state index contributed by atoms with van der Waals surface area (Å²) in [5.74, 6) is 0. The molecular formula is C22H17IrN2-. The quantitative estimate of drug-likeness (QED) is 0.348. The zero-order valence-corrected chi connectivity index (χ0v) is 16.2. The predicted octanol–water partition coefficient (Wildman–Crippen LogP) is 5.31. The topological polar surface area (TPSA) is 17.8 Å². The van der Waals surface area contributed by atoms with Gasteiger partial charge in [0.1, 0.15) is 0 Å². The number of hydrogen-bond donors (Lipinski definition) is 0. The number of hydrogen-bond acceptors (Lipinski definition) is 1. The number of nitrogens with zero attached hydrogens (tertiary/aromatic N) is 2. The Hall–Kier alpha value is -2.48. The molecule has 125 valence electrons. The van der Waals surface area contributed by atoms with E-state index in [0.717, 1.165) is 22.6 Å². The van der Waals surface area contributed by atoms with E-state index in [4.69, 9.17) is 5.10 Å². The Labute approximate surface area is 161 Å². The van der Waals surface area contributed by atoms with Crippen LogP contribution in [-0.2, 0) is 20.1 Å². The third-order valence-corrected chi connectivity index (χ3v) is 4.09. The third kappa shape index (κ3) is 3.34. The van der Waals surface area contributed by atoms with Crippen molar-refractivity contribution in [2.75, 3.05) is 0 Å². The molecule has 0 amide bonds. The second kappa shape index (κ2) is 7.60. The van der Waals surface area contributed by atoms with Gasteiger partial charge in [0, 0.05) is 31.2 Å². The van der Waals surface area contributed by atoms with Crippen molar-refractivity contribution in [2.24, 2.45) is 0 Å². The van der Waals surface area contributed by atoms with Crippen molar-refractivity contribution in [3.8, 4) is 28.1 Å². The number of para-hydroxylation sites is 1. The van der Waals surface area contributed by atoms with E-state index >= 15 is 0 Å². The fraction of sp³-hybridized carbons (Fsp3) is 0.0455. The molecule has 0 aliphatic carbocycles. The maximum atomic E-state index is 4.82. The van der Waals surface area contributed by atoms with Gasteiger partial charge in [0.05, 0.1) is 11.4 Å². The van der Waals surface area contributed by atoms with Gasteiger partial charge in [-0.3, -0.25) is 4.68 Å². The van der Waals surface area contributed by atoms with Crippen LogP contribution in [0.1, 0.15) is 5.69 Å². The minimum atomic E-state index is 0. The Morgan fingerprint density at radius 2 is 1.36 bits per heavy atom. The number of aromatic nitrogens is 2. The molecule has 0 N–H and O–H groups in total. The fourth-order valence-corrected chi connectivity index (χ4v) is 3.03. The van der Waals surface area contributed by atoms with E-state index in [1.807, 2.05) is 41.1 Å². The maximum Gasteiger partial charge on any atom is 0.0797 e. The molecule has 0 fully saturated rings. The van der Waals surface area contributed by atoms with Crippen LogP contribution in [0.4, 0.5) is 0 Å². The van der Waals surface area contributed by atoms with Crippen molar-refractivity contribution in [2.45, 2.75) is 6.92 Å². The Balaban J connectivity index is 0.00000182. The summed E-state index contributed by atoms with van der Waals surface area (Å²) in [6, 6.07) is 32.1. The molecular weight excluding hydrogens is 484 g/mol. The summed E-state index contributed by atoms with van der Waals surface area (Å²) in [6.07, 6.45) is 0. The summed E-state index contributed by atoms with van der Waals surface area (Å²) < 4.78 is 1.99. The van der Waals surface area contributed by atoms with Gasteiger partial charge in [-0.25, -0.2) is 0 Å². The summed E-state index contributed by atoms with van der Waals surface area (Å²) in [4.78, 5) is 0. The first kappa shape index (κ1) is 17.3. The van der Waals surface area contributed by atoms with Crippen molar-refractivity contribution in [1.29, 1.82) is 0 Å². The summed E-state index contributed by atoms with van der Waals surface area (Å²) in [7, 11) is 0. The Kier molecular flexibility index (Phi) is 5.28. The summed E-state index contributed by atoms with van der Waals surface area (Å²) >= 11 is 0. The van der Waals surface area contributed by atoms with Gasteiger partial charge in [0.15, 0.2) is 0 Å². The third-order valence-electron chi connectivity index (χ3n) is 4.09. The van der Waals surface area contributed by atoms with Crippen molar-refractivity contribution < 1.29 is 20.1 Å². The Morgan fingerprint density at radius 1 is 0.760 bits per heavy atom. The molecule has 1 radical (unpaired) electrons. The van der Waals surface area contributed by atoms with E-state index in [1.54, 1.807) is 0 Å². The molecule has 0 saturated carbocycles. The van der Waals surface area contributed by atoms with E-state index in [0.29, 0.717) is 0 Å². The van der Waals surface area contributed by atoms with Crippen LogP contribution in [0.3, 0.4) is 0 Å². The van der Waals surface area contributed by atoms with Gasteiger partial charge < -0.3 is 0 Å². The summed E-state index contributed by atoms with van der Waals surface area (Å²) in [5, 5.41) is 4.82. The SMILES string of the molecule is Cc1nn(-c2[c-]cccc2)c(-c2ccccc2)c1-c1ccccc1.[Ir]. The first-order chi connectivity index (χ1) is 11.8. The van der Waals surface area contributed by atoms with E-state index < -0.39 is 0 Å². The molecule has 25 heavy (non-hydrogen) atoms. The van der Waals surface area contributed by atoms with Crippen LogP contribution in [0.25, 0.3) is 28.1 Å². The van der Waals surface area contributed by atoms with Crippen molar-refractivity contribution >= 4 is 0 Å². The van der Waals surface area contributed by atoms with E-state index in [-0.39, 0.29) is 20.1 Å². The Morgan fingerprint density at radius 3 is 1.96 bits per heavy atom. The number of benzene rings is 3. The van der Waals surface area contributed by atoms with Crippen LogP contribution in [0, 0.1) is 13.0 Å². The monoisotopic (exact) mass is 502 g/mol. The molecule has 1 heterocycles.